The van der Waals surface area contributed by atoms with Crippen LogP contribution in [0.15, 0.2) is 53.4 Å². The van der Waals surface area contributed by atoms with E-state index in [0.29, 0.717) is 18.8 Å². The first-order chi connectivity index (χ1) is 11.1. The second kappa shape index (κ2) is 6.70. The molecular formula is C17H19NO4S. The number of para-hydroxylation sites is 1. The summed E-state index contributed by atoms with van der Waals surface area (Å²) in [4.78, 5) is 0.138. The Morgan fingerprint density at radius 2 is 1.83 bits per heavy atom. The first-order valence-corrected chi connectivity index (χ1v) is 8.89. The summed E-state index contributed by atoms with van der Waals surface area (Å²) in [6, 6.07) is 14.6. The molecule has 0 bridgehead atoms. The molecule has 6 heteroatoms. The van der Waals surface area contributed by atoms with E-state index >= 15 is 0 Å². The van der Waals surface area contributed by atoms with Crippen molar-refractivity contribution in [2.75, 3.05) is 13.7 Å². The van der Waals surface area contributed by atoms with Crippen LogP contribution >= 0.6 is 0 Å². The van der Waals surface area contributed by atoms with Gasteiger partial charge in [0.15, 0.2) is 0 Å². The van der Waals surface area contributed by atoms with Crippen LogP contribution in [-0.2, 0) is 27.8 Å². The van der Waals surface area contributed by atoms with E-state index in [1.165, 1.54) is 18.7 Å². The van der Waals surface area contributed by atoms with Gasteiger partial charge in [-0.25, -0.2) is 13.1 Å². The zero-order valence-electron chi connectivity index (χ0n) is 12.9. The quantitative estimate of drug-likeness (QED) is 0.910. The molecule has 3 rings (SSSR count). The van der Waals surface area contributed by atoms with Crippen LogP contribution in [-0.4, -0.2) is 28.2 Å². The smallest absolute Gasteiger partial charge is 0.244 e. The number of rotatable bonds is 5. The van der Waals surface area contributed by atoms with Gasteiger partial charge in [-0.15, -0.1) is 0 Å². The van der Waals surface area contributed by atoms with E-state index < -0.39 is 10.0 Å². The monoisotopic (exact) mass is 333 g/mol. The summed E-state index contributed by atoms with van der Waals surface area (Å²) in [5.74, 6) is 0.329. The molecule has 1 N–H and O–H groups in total. The molecule has 2 aromatic rings. The molecule has 1 aliphatic heterocycles. The molecule has 1 aliphatic rings. The highest BCUT2D eigenvalue weighted by Crippen LogP contribution is 2.23. The summed E-state index contributed by atoms with van der Waals surface area (Å²) in [6.07, 6.45) is 0.527. The second-order valence-corrected chi connectivity index (χ2v) is 7.14. The first-order valence-electron chi connectivity index (χ1n) is 7.41. The molecule has 1 unspecified atom stereocenters. The highest BCUT2D eigenvalue weighted by Gasteiger charge is 2.23. The number of hydrogen-bond acceptors (Lipinski definition) is 4. The Bertz CT molecular complexity index is 789. The minimum absolute atomic E-state index is 0.138. The number of hydrogen-bond donors (Lipinski definition) is 1. The second-order valence-electron chi connectivity index (χ2n) is 5.41. The van der Waals surface area contributed by atoms with E-state index in [1.54, 1.807) is 18.2 Å². The molecule has 1 atom stereocenters. The Morgan fingerprint density at radius 1 is 1.13 bits per heavy atom. The number of nitrogens with one attached hydrogen (secondary N) is 1. The van der Waals surface area contributed by atoms with Gasteiger partial charge in [0.2, 0.25) is 10.0 Å². The number of benzene rings is 2. The highest BCUT2D eigenvalue weighted by molar-refractivity contribution is 7.89. The van der Waals surface area contributed by atoms with Gasteiger partial charge in [-0.05, 0) is 23.3 Å². The number of fused-ring (bicyclic) bond motifs is 1. The summed E-state index contributed by atoms with van der Waals surface area (Å²) in [6.45, 7) is 0.742. The highest BCUT2D eigenvalue weighted by atomic mass is 32.2. The fraction of sp³-hybridized carbons (Fsp3) is 0.294. The third kappa shape index (κ3) is 3.55. The average Bonchev–Trinajstić information content (AvgIpc) is 2.60. The van der Waals surface area contributed by atoms with Crippen LogP contribution in [0.3, 0.4) is 0 Å². The molecule has 122 valence electrons. The maximum absolute atomic E-state index is 12.5. The molecular weight excluding hydrogens is 314 g/mol. The van der Waals surface area contributed by atoms with Crippen molar-refractivity contribution in [3.63, 3.8) is 0 Å². The van der Waals surface area contributed by atoms with Gasteiger partial charge in [-0.2, -0.15) is 0 Å². The van der Waals surface area contributed by atoms with Crippen molar-refractivity contribution in [1.82, 2.24) is 4.72 Å². The third-order valence-corrected chi connectivity index (χ3v) is 5.36. The molecule has 0 saturated carbocycles. The van der Waals surface area contributed by atoms with E-state index in [4.69, 9.17) is 9.47 Å². The lowest BCUT2D eigenvalue weighted by Crippen LogP contribution is -2.36. The van der Waals surface area contributed by atoms with Gasteiger partial charge in [0.25, 0.3) is 0 Å². The predicted octanol–water partition coefficient (Wildman–Crippen LogP) is 2.12. The van der Waals surface area contributed by atoms with Gasteiger partial charge in [0.05, 0.1) is 19.8 Å². The van der Waals surface area contributed by atoms with Gasteiger partial charge in [0, 0.05) is 13.0 Å². The first kappa shape index (κ1) is 16.0. The van der Waals surface area contributed by atoms with E-state index in [9.17, 15) is 8.42 Å². The predicted molar refractivity (Wildman–Crippen MR) is 86.9 cm³/mol. The zero-order valence-corrected chi connectivity index (χ0v) is 13.7. The molecule has 0 amide bonds. The van der Waals surface area contributed by atoms with E-state index in [-0.39, 0.29) is 17.5 Å². The Balaban J connectivity index is 1.69. The zero-order chi connectivity index (χ0) is 16.3. The largest absolute Gasteiger partial charge is 0.495 e. The number of sulfonamides is 1. The maximum Gasteiger partial charge on any atom is 0.244 e. The molecule has 0 aromatic heterocycles. The van der Waals surface area contributed by atoms with E-state index in [0.717, 1.165) is 5.56 Å². The number of ether oxygens (including phenoxy) is 2. The summed E-state index contributed by atoms with van der Waals surface area (Å²) in [5.41, 5.74) is 2.37. The minimum atomic E-state index is -3.63. The molecule has 5 nitrogen and oxygen atoms in total. The Labute approximate surface area is 136 Å². The fourth-order valence-corrected chi connectivity index (χ4v) is 3.90. The van der Waals surface area contributed by atoms with Crippen molar-refractivity contribution in [3.05, 3.63) is 59.7 Å². The fourth-order valence-electron chi connectivity index (χ4n) is 2.66. The lowest BCUT2D eigenvalue weighted by molar-refractivity contribution is 0.0322. The Kier molecular flexibility index (Phi) is 4.66. The van der Waals surface area contributed by atoms with Crippen molar-refractivity contribution in [2.24, 2.45) is 0 Å². The van der Waals surface area contributed by atoms with Crippen LogP contribution in [0.2, 0.25) is 0 Å². The standard InChI is InChI=1S/C17H19NO4S/c1-21-16-8-4-5-9-17(16)23(19,20)18-11-15-10-13-6-2-3-7-14(13)12-22-15/h2-9,15,18H,10-12H2,1H3. The lowest BCUT2D eigenvalue weighted by atomic mass is 9.99. The molecule has 23 heavy (non-hydrogen) atoms. The van der Waals surface area contributed by atoms with Crippen molar-refractivity contribution in [1.29, 1.82) is 0 Å². The van der Waals surface area contributed by atoms with Crippen LogP contribution in [0, 0.1) is 0 Å². The van der Waals surface area contributed by atoms with Crippen molar-refractivity contribution in [3.8, 4) is 5.75 Å². The van der Waals surface area contributed by atoms with Crippen molar-refractivity contribution in [2.45, 2.75) is 24.0 Å². The molecule has 0 fully saturated rings. The van der Waals surface area contributed by atoms with Crippen LogP contribution in [0.4, 0.5) is 0 Å². The van der Waals surface area contributed by atoms with Crippen molar-refractivity contribution < 1.29 is 17.9 Å². The lowest BCUT2D eigenvalue weighted by Gasteiger charge is -2.25. The third-order valence-electron chi connectivity index (χ3n) is 3.90. The summed E-state index contributed by atoms with van der Waals surface area (Å²) < 4.78 is 38.4. The van der Waals surface area contributed by atoms with Gasteiger partial charge < -0.3 is 9.47 Å². The van der Waals surface area contributed by atoms with Crippen molar-refractivity contribution >= 4 is 10.0 Å². The minimum Gasteiger partial charge on any atom is -0.495 e. The van der Waals surface area contributed by atoms with Gasteiger partial charge >= 0.3 is 0 Å². The summed E-state index contributed by atoms with van der Waals surface area (Å²) in [7, 11) is -2.18. The molecule has 1 heterocycles. The maximum atomic E-state index is 12.5. The van der Waals surface area contributed by atoms with Crippen LogP contribution in [0.5, 0.6) is 5.75 Å². The molecule has 0 spiro atoms. The topological polar surface area (TPSA) is 64.6 Å². The van der Waals surface area contributed by atoms with Crippen LogP contribution < -0.4 is 9.46 Å². The molecule has 0 saturated heterocycles. The van der Waals surface area contributed by atoms with E-state index in [1.807, 2.05) is 18.2 Å². The van der Waals surface area contributed by atoms with Crippen LogP contribution in [0.1, 0.15) is 11.1 Å². The summed E-state index contributed by atoms with van der Waals surface area (Å²) >= 11 is 0. The van der Waals surface area contributed by atoms with Gasteiger partial charge in [-0.1, -0.05) is 36.4 Å². The Hall–Kier alpha value is -1.89. The molecule has 0 radical (unpaired) electrons. The van der Waals surface area contributed by atoms with Gasteiger partial charge in [0.1, 0.15) is 10.6 Å². The number of methoxy groups -OCH3 is 1. The van der Waals surface area contributed by atoms with E-state index in [2.05, 4.69) is 10.8 Å². The average molecular weight is 333 g/mol. The molecule has 0 aliphatic carbocycles. The normalized spacial score (nSPS) is 17.5. The van der Waals surface area contributed by atoms with Crippen LogP contribution in [0.25, 0.3) is 0 Å². The van der Waals surface area contributed by atoms with Gasteiger partial charge in [-0.3, -0.25) is 0 Å². The summed E-state index contributed by atoms with van der Waals surface area (Å²) in [5, 5.41) is 0. The molecule has 2 aromatic carbocycles. The SMILES string of the molecule is COc1ccccc1S(=O)(=O)NCC1Cc2ccccc2CO1. The Morgan fingerprint density at radius 3 is 2.61 bits per heavy atom.